The SMILES string of the molecule is NC(=O)c1c(NC(=O)C(=O)N2CCCC2)sc2c1CCCC2. The minimum atomic E-state index is -0.678. The molecule has 7 heteroatoms. The van der Waals surface area contributed by atoms with E-state index in [4.69, 9.17) is 5.73 Å². The number of nitrogens with two attached hydrogens (primary N) is 1. The van der Waals surface area contributed by atoms with Crippen LogP contribution < -0.4 is 11.1 Å². The van der Waals surface area contributed by atoms with Gasteiger partial charge in [-0.15, -0.1) is 11.3 Å². The molecule has 118 valence electrons. The Bertz CT molecular complexity index is 632. The van der Waals surface area contributed by atoms with Crippen molar-refractivity contribution >= 4 is 34.1 Å². The van der Waals surface area contributed by atoms with Crippen LogP contribution in [0, 0.1) is 0 Å². The number of rotatable bonds is 2. The lowest BCUT2D eigenvalue weighted by molar-refractivity contribution is -0.142. The van der Waals surface area contributed by atoms with E-state index in [0.717, 1.165) is 49.0 Å². The second-order valence-corrected chi connectivity index (χ2v) is 6.84. The number of carbonyl (C=O) groups is 3. The highest BCUT2D eigenvalue weighted by Gasteiger charge is 2.29. The summed E-state index contributed by atoms with van der Waals surface area (Å²) in [5.41, 5.74) is 6.82. The number of hydrogen-bond donors (Lipinski definition) is 2. The highest BCUT2D eigenvalue weighted by atomic mass is 32.1. The maximum Gasteiger partial charge on any atom is 0.314 e. The van der Waals surface area contributed by atoms with Gasteiger partial charge in [0.25, 0.3) is 5.91 Å². The van der Waals surface area contributed by atoms with Gasteiger partial charge in [0.1, 0.15) is 5.00 Å². The van der Waals surface area contributed by atoms with Crippen LogP contribution in [0.25, 0.3) is 0 Å². The van der Waals surface area contributed by atoms with Crippen molar-refractivity contribution in [2.45, 2.75) is 38.5 Å². The van der Waals surface area contributed by atoms with Crippen LogP contribution >= 0.6 is 11.3 Å². The van der Waals surface area contributed by atoms with Gasteiger partial charge in [-0.25, -0.2) is 0 Å². The number of primary amides is 1. The molecule has 0 unspecified atom stereocenters. The van der Waals surface area contributed by atoms with E-state index in [9.17, 15) is 14.4 Å². The highest BCUT2D eigenvalue weighted by Crippen LogP contribution is 2.37. The standard InChI is InChI=1S/C15H19N3O3S/c16-12(19)11-9-5-1-2-6-10(9)22-14(11)17-13(20)15(21)18-7-3-4-8-18/h1-8H2,(H2,16,19)(H,17,20). The maximum atomic E-state index is 12.1. The van der Waals surface area contributed by atoms with Gasteiger partial charge in [-0.05, 0) is 44.1 Å². The first-order valence-electron chi connectivity index (χ1n) is 7.62. The molecule has 1 aliphatic heterocycles. The molecule has 0 spiro atoms. The van der Waals surface area contributed by atoms with E-state index in [0.29, 0.717) is 23.7 Å². The Morgan fingerprint density at radius 3 is 2.41 bits per heavy atom. The largest absolute Gasteiger partial charge is 0.365 e. The third-order valence-electron chi connectivity index (χ3n) is 4.23. The maximum absolute atomic E-state index is 12.1. The zero-order valence-corrected chi connectivity index (χ0v) is 13.1. The number of hydrogen-bond acceptors (Lipinski definition) is 4. The summed E-state index contributed by atoms with van der Waals surface area (Å²) in [6.07, 6.45) is 5.66. The molecule has 0 radical (unpaired) electrons. The molecule has 6 nitrogen and oxygen atoms in total. The van der Waals surface area contributed by atoms with Crippen LogP contribution in [0.15, 0.2) is 0 Å². The number of fused-ring (bicyclic) bond motifs is 1. The van der Waals surface area contributed by atoms with Gasteiger partial charge in [-0.3, -0.25) is 14.4 Å². The van der Waals surface area contributed by atoms with Crippen molar-refractivity contribution in [2.24, 2.45) is 5.73 Å². The summed E-state index contributed by atoms with van der Waals surface area (Å²) in [4.78, 5) is 38.6. The second kappa shape index (κ2) is 6.08. The fourth-order valence-corrected chi connectivity index (χ4v) is 4.42. The van der Waals surface area contributed by atoms with Gasteiger partial charge in [-0.2, -0.15) is 0 Å². The Kier molecular flexibility index (Phi) is 4.15. The molecule has 1 saturated heterocycles. The number of nitrogens with one attached hydrogen (secondary N) is 1. The van der Waals surface area contributed by atoms with E-state index in [-0.39, 0.29) is 0 Å². The molecule has 3 N–H and O–H groups in total. The van der Waals surface area contributed by atoms with Crippen molar-refractivity contribution in [3.05, 3.63) is 16.0 Å². The predicted octanol–water partition coefficient (Wildman–Crippen LogP) is 1.29. The van der Waals surface area contributed by atoms with Crippen molar-refractivity contribution in [3.8, 4) is 0 Å². The Labute approximate surface area is 132 Å². The molecule has 22 heavy (non-hydrogen) atoms. The fourth-order valence-electron chi connectivity index (χ4n) is 3.14. The minimum absolute atomic E-state index is 0.391. The number of amides is 3. The van der Waals surface area contributed by atoms with E-state index in [1.807, 2.05) is 0 Å². The van der Waals surface area contributed by atoms with Crippen molar-refractivity contribution in [2.75, 3.05) is 18.4 Å². The van der Waals surface area contributed by atoms with Gasteiger partial charge >= 0.3 is 11.8 Å². The number of likely N-dealkylation sites (tertiary alicyclic amines) is 1. The molecular formula is C15H19N3O3S. The van der Waals surface area contributed by atoms with Crippen LogP contribution in [-0.4, -0.2) is 35.7 Å². The first-order valence-corrected chi connectivity index (χ1v) is 8.44. The Hall–Kier alpha value is -1.89. The smallest absolute Gasteiger partial charge is 0.314 e. The van der Waals surface area contributed by atoms with Crippen molar-refractivity contribution in [3.63, 3.8) is 0 Å². The van der Waals surface area contributed by atoms with Crippen LogP contribution in [0.4, 0.5) is 5.00 Å². The van der Waals surface area contributed by atoms with E-state index in [1.54, 1.807) is 4.90 Å². The summed E-state index contributed by atoms with van der Waals surface area (Å²) in [6, 6.07) is 0. The minimum Gasteiger partial charge on any atom is -0.365 e. The molecule has 0 saturated carbocycles. The van der Waals surface area contributed by atoms with Crippen LogP contribution in [0.5, 0.6) is 0 Å². The van der Waals surface area contributed by atoms with Gasteiger partial charge in [0, 0.05) is 18.0 Å². The van der Waals surface area contributed by atoms with Crippen LogP contribution in [-0.2, 0) is 22.4 Å². The number of thiophene rings is 1. The van der Waals surface area contributed by atoms with Crippen LogP contribution in [0.2, 0.25) is 0 Å². The number of carbonyl (C=O) groups excluding carboxylic acids is 3. The molecule has 1 aliphatic carbocycles. The van der Waals surface area contributed by atoms with Crippen molar-refractivity contribution in [1.82, 2.24) is 4.90 Å². The molecule has 2 aliphatic rings. The number of anilines is 1. The zero-order valence-electron chi connectivity index (χ0n) is 12.3. The first kappa shape index (κ1) is 15.0. The Morgan fingerprint density at radius 1 is 1.05 bits per heavy atom. The summed E-state index contributed by atoms with van der Waals surface area (Å²) < 4.78 is 0. The lowest BCUT2D eigenvalue weighted by Crippen LogP contribution is -2.37. The molecule has 0 aromatic carbocycles. The molecule has 3 rings (SSSR count). The van der Waals surface area contributed by atoms with Gasteiger partial charge in [0.15, 0.2) is 0 Å². The average molecular weight is 321 g/mol. The zero-order chi connectivity index (χ0) is 15.7. The van der Waals surface area contributed by atoms with Crippen molar-refractivity contribution in [1.29, 1.82) is 0 Å². The highest BCUT2D eigenvalue weighted by molar-refractivity contribution is 7.17. The molecular weight excluding hydrogens is 302 g/mol. The molecule has 0 bridgehead atoms. The van der Waals surface area contributed by atoms with Gasteiger partial charge in [0.05, 0.1) is 5.56 Å². The number of aryl methyl sites for hydroxylation is 1. The molecule has 0 atom stereocenters. The monoisotopic (exact) mass is 321 g/mol. The summed E-state index contributed by atoms with van der Waals surface area (Å²) in [5, 5.41) is 3.04. The van der Waals surface area contributed by atoms with Crippen molar-refractivity contribution < 1.29 is 14.4 Å². The molecule has 1 aromatic heterocycles. The third kappa shape index (κ3) is 2.72. The fraction of sp³-hybridized carbons (Fsp3) is 0.533. The topological polar surface area (TPSA) is 92.5 Å². The van der Waals surface area contributed by atoms with Crippen LogP contribution in [0.1, 0.15) is 46.5 Å². The summed E-state index contributed by atoms with van der Waals surface area (Å²) in [7, 11) is 0. The normalized spacial score (nSPS) is 17.2. The molecule has 2 heterocycles. The second-order valence-electron chi connectivity index (χ2n) is 5.73. The number of nitrogens with zero attached hydrogens (tertiary/aromatic N) is 1. The summed E-state index contributed by atoms with van der Waals surface area (Å²) in [6.45, 7) is 1.24. The van der Waals surface area contributed by atoms with E-state index in [2.05, 4.69) is 5.32 Å². The summed E-state index contributed by atoms with van der Waals surface area (Å²) in [5.74, 6) is -1.74. The third-order valence-corrected chi connectivity index (χ3v) is 5.44. The first-order chi connectivity index (χ1) is 10.6. The van der Waals surface area contributed by atoms with E-state index >= 15 is 0 Å². The lowest BCUT2D eigenvalue weighted by Gasteiger charge is -2.14. The Balaban J connectivity index is 1.82. The molecule has 3 amide bonds. The van der Waals surface area contributed by atoms with E-state index < -0.39 is 17.7 Å². The lowest BCUT2D eigenvalue weighted by atomic mass is 9.95. The van der Waals surface area contributed by atoms with Crippen LogP contribution in [0.3, 0.4) is 0 Å². The molecule has 1 aromatic rings. The summed E-state index contributed by atoms with van der Waals surface area (Å²) >= 11 is 1.38. The molecule has 1 fully saturated rings. The van der Waals surface area contributed by atoms with E-state index in [1.165, 1.54) is 11.3 Å². The van der Waals surface area contributed by atoms with Gasteiger partial charge in [0.2, 0.25) is 0 Å². The van der Waals surface area contributed by atoms with Gasteiger partial charge < -0.3 is 16.0 Å². The quantitative estimate of drug-likeness (QED) is 0.804. The predicted molar refractivity (Wildman–Crippen MR) is 83.9 cm³/mol. The van der Waals surface area contributed by atoms with Gasteiger partial charge in [-0.1, -0.05) is 0 Å². The Morgan fingerprint density at radius 2 is 1.73 bits per heavy atom. The average Bonchev–Trinajstić information content (AvgIpc) is 3.13.